The molecule has 1 aliphatic rings. The molecule has 0 spiro atoms. The molecule has 1 aliphatic carbocycles. The Morgan fingerprint density at radius 1 is 1.27 bits per heavy atom. The van der Waals surface area contributed by atoms with Gasteiger partial charge in [0.15, 0.2) is 0 Å². The maximum atomic E-state index is 9.12. The fraction of sp³-hybridized carbons (Fsp3) is 1.00. The van der Waals surface area contributed by atoms with Gasteiger partial charge in [0.1, 0.15) is 0 Å². The molecule has 0 bridgehead atoms. The lowest BCUT2D eigenvalue weighted by Crippen LogP contribution is -2.36. The van der Waals surface area contributed by atoms with Gasteiger partial charge in [0.05, 0.1) is 19.8 Å². The average Bonchev–Trinajstić information content (AvgIpc) is 2.70. The van der Waals surface area contributed by atoms with Crippen LogP contribution in [0.4, 0.5) is 0 Å². The van der Waals surface area contributed by atoms with Crippen molar-refractivity contribution in [3.63, 3.8) is 0 Å². The minimum Gasteiger partial charge on any atom is -0.396 e. The molecule has 1 saturated carbocycles. The first kappa shape index (κ1) is 12.9. The third-order valence-electron chi connectivity index (χ3n) is 2.98. The molecule has 0 aromatic carbocycles. The molecular weight excluding hydrogens is 194 g/mol. The van der Waals surface area contributed by atoms with Gasteiger partial charge in [0.25, 0.3) is 0 Å². The Morgan fingerprint density at radius 3 is 2.87 bits per heavy atom. The van der Waals surface area contributed by atoms with Gasteiger partial charge in [-0.25, -0.2) is 0 Å². The maximum Gasteiger partial charge on any atom is 0.0700 e. The number of aliphatic hydroxyl groups is 1. The Kier molecular flexibility index (Phi) is 6.92. The van der Waals surface area contributed by atoms with Gasteiger partial charge in [-0.15, -0.1) is 0 Å². The molecule has 1 rings (SSSR count). The van der Waals surface area contributed by atoms with Gasteiger partial charge in [-0.1, -0.05) is 6.42 Å². The molecule has 0 radical (unpaired) electrons. The van der Waals surface area contributed by atoms with Gasteiger partial charge >= 0.3 is 0 Å². The minimum absolute atomic E-state index is 0.308. The smallest absolute Gasteiger partial charge is 0.0700 e. The van der Waals surface area contributed by atoms with Gasteiger partial charge in [-0.05, 0) is 18.8 Å². The molecule has 0 aromatic rings. The van der Waals surface area contributed by atoms with Crippen LogP contribution in [0.2, 0.25) is 0 Å². The summed E-state index contributed by atoms with van der Waals surface area (Å²) >= 11 is 0. The van der Waals surface area contributed by atoms with E-state index in [1.165, 1.54) is 12.8 Å². The van der Waals surface area contributed by atoms with E-state index in [2.05, 4.69) is 5.32 Å². The molecule has 90 valence electrons. The van der Waals surface area contributed by atoms with E-state index in [1.807, 2.05) is 0 Å². The van der Waals surface area contributed by atoms with Crippen LogP contribution in [0.25, 0.3) is 0 Å². The van der Waals surface area contributed by atoms with Gasteiger partial charge < -0.3 is 19.9 Å². The topological polar surface area (TPSA) is 50.7 Å². The van der Waals surface area contributed by atoms with E-state index in [0.717, 1.165) is 19.6 Å². The summed E-state index contributed by atoms with van der Waals surface area (Å²) in [6.07, 6.45) is 3.56. The SMILES string of the molecule is COCCOCCNC1CCCC1CO. The fourth-order valence-electron chi connectivity index (χ4n) is 2.08. The van der Waals surface area contributed by atoms with Crippen molar-refractivity contribution < 1.29 is 14.6 Å². The van der Waals surface area contributed by atoms with Gasteiger partial charge in [-0.2, -0.15) is 0 Å². The summed E-state index contributed by atoms with van der Waals surface area (Å²) in [6, 6.07) is 0.487. The van der Waals surface area contributed by atoms with E-state index in [1.54, 1.807) is 7.11 Å². The Labute approximate surface area is 92.0 Å². The molecule has 0 heterocycles. The van der Waals surface area contributed by atoms with Gasteiger partial charge in [0, 0.05) is 26.3 Å². The summed E-state index contributed by atoms with van der Waals surface area (Å²) < 4.78 is 10.2. The first-order chi connectivity index (χ1) is 7.38. The molecule has 0 amide bonds. The molecular formula is C11H23NO3. The van der Waals surface area contributed by atoms with Crippen LogP contribution in [-0.2, 0) is 9.47 Å². The Morgan fingerprint density at radius 2 is 2.13 bits per heavy atom. The summed E-state index contributed by atoms with van der Waals surface area (Å²) in [6.45, 7) is 3.21. The zero-order valence-corrected chi connectivity index (χ0v) is 9.58. The lowest BCUT2D eigenvalue weighted by atomic mass is 10.1. The number of rotatable bonds is 8. The monoisotopic (exact) mass is 217 g/mol. The summed E-state index contributed by atoms with van der Waals surface area (Å²) in [4.78, 5) is 0. The standard InChI is InChI=1S/C11H23NO3/c1-14-7-8-15-6-5-12-11-4-2-3-10(11)9-13/h10-13H,2-9H2,1H3. The second-order valence-corrected chi connectivity index (χ2v) is 4.04. The van der Waals surface area contributed by atoms with E-state index >= 15 is 0 Å². The van der Waals surface area contributed by atoms with Crippen molar-refractivity contribution in [1.82, 2.24) is 5.32 Å². The van der Waals surface area contributed by atoms with Crippen LogP contribution in [0.15, 0.2) is 0 Å². The number of ether oxygens (including phenoxy) is 2. The fourth-order valence-corrected chi connectivity index (χ4v) is 2.08. The quantitative estimate of drug-likeness (QED) is 0.578. The first-order valence-electron chi connectivity index (χ1n) is 5.79. The van der Waals surface area contributed by atoms with Gasteiger partial charge in [-0.3, -0.25) is 0 Å². The van der Waals surface area contributed by atoms with Crippen molar-refractivity contribution in [2.45, 2.75) is 25.3 Å². The zero-order valence-electron chi connectivity index (χ0n) is 9.58. The molecule has 0 aromatic heterocycles. The van der Waals surface area contributed by atoms with Crippen molar-refractivity contribution >= 4 is 0 Å². The third kappa shape index (κ3) is 4.93. The highest BCUT2D eigenvalue weighted by atomic mass is 16.5. The van der Waals surface area contributed by atoms with Crippen LogP contribution >= 0.6 is 0 Å². The van der Waals surface area contributed by atoms with Crippen molar-refractivity contribution in [1.29, 1.82) is 0 Å². The number of hydrogen-bond donors (Lipinski definition) is 2. The first-order valence-corrected chi connectivity index (χ1v) is 5.79. The Balaban J connectivity index is 1.95. The molecule has 0 aliphatic heterocycles. The zero-order chi connectivity index (χ0) is 10.9. The van der Waals surface area contributed by atoms with Crippen LogP contribution in [-0.4, -0.2) is 51.2 Å². The summed E-state index contributed by atoms with van der Waals surface area (Å²) in [5, 5.41) is 12.6. The predicted molar refractivity (Wildman–Crippen MR) is 58.9 cm³/mol. The molecule has 2 atom stereocenters. The van der Waals surface area contributed by atoms with Crippen molar-refractivity contribution in [3.05, 3.63) is 0 Å². The Bertz CT molecular complexity index is 155. The molecule has 1 fully saturated rings. The second kappa shape index (κ2) is 8.05. The molecule has 2 N–H and O–H groups in total. The normalized spacial score (nSPS) is 26.0. The van der Waals surface area contributed by atoms with Gasteiger partial charge in [0.2, 0.25) is 0 Å². The lowest BCUT2D eigenvalue weighted by molar-refractivity contribution is 0.0699. The summed E-state index contributed by atoms with van der Waals surface area (Å²) in [7, 11) is 1.67. The van der Waals surface area contributed by atoms with Crippen molar-refractivity contribution in [2.75, 3.05) is 40.1 Å². The minimum atomic E-state index is 0.308. The largest absolute Gasteiger partial charge is 0.396 e. The molecule has 2 unspecified atom stereocenters. The van der Waals surface area contributed by atoms with E-state index in [4.69, 9.17) is 14.6 Å². The van der Waals surface area contributed by atoms with E-state index in [-0.39, 0.29) is 0 Å². The number of nitrogens with one attached hydrogen (secondary N) is 1. The van der Waals surface area contributed by atoms with Crippen LogP contribution < -0.4 is 5.32 Å². The molecule has 0 saturated heterocycles. The maximum absolute atomic E-state index is 9.12. The van der Waals surface area contributed by atoms with Crippen LogP contribution in [0, 0.1) is 5.92 Å². The average molecular weight is 217 g/mol. The predicted octanol–water partition coefficient (Wildman–Crippen LogP) is 0.400. The van der Waals surface area contributed by atoms with E-state index in [0.29, 0.717) is 31.8 Å². The van der Waals surface area contributed by atoms with E-state index < -0.39 is 0 Å². The highest BCUT2D eigenvalue weighted by molar-refractivity contribution is 4.82. The van der Waals surface area contributed by atoms with Crippen molar-refractivity contribution in [3.8, 4) is 0 Å². The van der Waals surface area contributed by atoms with Crippen molar-refractivity contribution in [2.24, 2.45) is 5.92 Å². The molecule has 4 heteroatoms. The summed E-state index contributed by atoms with van der Waals surface area (Å²) in [5.74, 6) is 0.448. The second-order valence-electron chi connectivity index (χ2n) is 4.04. The highest BCUT2D eigenvalue weighted by Crippen LogP contribution is 2.24. The lowest BCUT2D eigenvalue weighted by Gasteiger charge is -2.18. The van der Waals surface area contributed by atoms with Crippen LogP contribution in [0.5, 0.6) is 0 Å². The van der Waals surface area contributed by atoms with E-state index in [9.17, 15) is 0 Å². The Hall–Kier alpha value is -0.160. The number of aliphatic hydroxyl groups excluding tert-OH is 1. The number of hydrogen-bond acceptors (Lipinski definition) is 4. The number of methoxy groups -OCH3 is 1. The molecule has 4 nitrogen and oxygen atoms in total. The highest BCUT2D eigenvalue weighted by Gasteiger charge is 2.25. The van der Waals surface area contributed by atoms with Crippen LogP contribution in [0.1, 0.15) is 19.3 Å². The summed E-state index contributed by atoms with van der Waals surface area (Å²) in [5.41, 5.74) is 0. The molecule has 15 heavy (non-hydrogen) atoms. The van der Waals surface area contributed by atoms with Crippen LogP contribution in [0.3, 0.4) is 0 Å². The third-order valence-corrected chi connectivity index (χ3v) is 2.98.